The van der Waals surface area contributed by atoms with Crippen molar-refractivity contribution in [3.8, 4) is 0 Å². The van der Waals surface area contributed by atoms with Crippen molar-refractivity contribution < 1.29 is 4.79 Å². The predicted octanol–water partition coefficient (Wildman–Crippen LogP) is -0.222. The number of aromatic nitrogens is 2. The highest BCUT2D eigenvalue weighted by Gasteiger charge is 2.14. The molecule has 1 heterocycles. The topological polar surface area (TPSA) is 64.2 Å². The van der Waals surface area contributed by atoms with Gasteiger partial charge in [0.1, 0.15) is 5.69 Å². The molecule has 0 atom stereocenters. The fraction of sp³-hybridized carbons (Fsp3) is 0.375. The lowest BCUT2D eigenvalue weighted by Gasteiger charge is -2.15. The van der Waals surface area contributed by atoms with Crippen LogP contribution in [0.15, 0.2) is 12.5 Å². The van der Waals surface area contributed by atoms with Crippen molar-refractivity contribution in [2.45, 2.75) is 0 Å². The third-order valence-corrected chi connectivity index (χ3v) is 1.90. The summed E-state index contributed by atoms with van der Waals surface area (Å²) in [5, 5.41) is 0. The lowest BCUT2D eigenvalue weighted by Crippen LogP contribution is -2.35. The van der Waals surface area contributed by atoms with Crippen LogP contribution in [-0.4, -0.2) is 38.9 Å². The van der Waals surface area contributed by atoms with Gasteiger partial charge in [-0.2, -0.15) is 0 Å². The number of nitrogens with zero attached hydrogens (tertiary/aromatic N) is 3. The third-order valence-electron chi connectivity index (χ3n) is 1.78. The molecule has 0 bridgehead atoms. The van der Waals surface area contributed by atoms with Gasteiger partial charge in [0.25, 0.3) is 5.91 Å². The molecule has 14 heavy (non-hydrogen) atoms. The monoisotopic (exact) mass is 212 g/mol. The highest BCUT2D eigenvalue weighted by Crippen LogP contribution is 2.00. The zero-order chi connectivity index (χ0) is 10.7. The maximum atomic E-state index is 11.7. The normalized spacial score (nSPS) is 9.86. The van der Waals surface area contributed by atoms with Crippen LogP contribution in [0.4, 0.5) is 0 Å². The number of likely N-dealkylation sites (N-methyl/N-ethyl adjacent to an activating group) is 1. The summed E-state index contributed by atoms with van der Waals surface area (Å²) >= 11 is 4.71. The number of aryl methyl sites for hydroxylation is 1. The molecule has 5 nitrogen and oxygen atoms in total. The summed E-state index contributed by atoms with van der Waals surface area (Å²) in [7, 11) is 3.41. The lowest BCUT2D eigenvalue weighted by atomic mass is 10.4. The van der Waals surface area contributed by atoms with E-state index in [0.29, 0.717) is 10.7 Å². The number of hydrogen-bond donors (Lipinski definition) is 1. The summed E-state index contributed by atoms with van der Waals surface area (Å²) < 4.78 is 1.65. The number of nitrogens with two attached hydrogens (primary N) is 1. The van der Waals surface area contributed by atoms with Crippen LogP contribution in [-0.2, 0) is 7.05 Å². The number of rotatable bonds is 3. The van der Waals surface area contributed by atoms with Crippen molar-refractivity contribution in [3.05, 3.63) is 18.2 Å². The van der Waals surface area contributed by atoms with Gasteiger partial charge in [0, 0.05) is 14.1 Å². The van der Waals surface area contributed by atoms with Gasteiger partial charge in [-0.1, -0.05) is 12.2 Å². The molecule has 0 aliphatic carbocycles. The van der Waals surface area contributed by atoms with Crippen LogP contribution in [0.5, 0.6) is 0 Å². The molecule has 1 amide bonds. The highest BCUT2D eigenvalue weighted by atomic mass is 32.1. The molecule has 76 valence electrons. The summed E-state index contributed by atoms with van der Waals surface area (Å²) in [6, 6.07) is 0. The first kappa shape index (κ1) is 10.6. The molecule has 0 radical (unpaired) electrons. The molecule has 1 aromatic rings. The molecule has 0 saturated carbocycles. The second-order valence-electron chi connectivity index (χ2n) is 3.02. The van der Waals surface area contributed by atoms with E-state index in [1.807, 2.05) is 0 Å². The zero-order valence-corrected chi connectivity index (χ0v) is 8.91. The molecule has 0 saturated heterocycles. The van der Waals surface area contributed by atoms with E-state index in [1.54, 1.807) is 25.0 Å². The molecule has 0 spiro atoms. The first-order valence-corrected chi connectivity index (χ1v) is 4.43. The minimum atomic E-state index is -0.141. The Morgan fingerprint density at radius 1 is 1.79 bits per heavy atom. The van der Waals surface area contributed by atoms with Crippen molar-refractivity contribution in [2.24, 2.45) is 12.8 Å². The molecule has 0 unspecified atom stereocenters. The highest BCUT2D eigenvalue weighted by molar-refractivity contribution is 7.80. The van der Waals surface area contributed by atoms with Crippen LogP contribution in [0.3, 0.4) is 0 Å². The van der Waals surface area contributed by atoms with Crippen LogP contribution in [0.2, 0.25) is 0 Å². The van der Waals surface area contributed by atoms with Gasteiger partial charge < -0.3 is 15.2 Å². The van der Waals surface area contributed by atoms with E-state index in [0.717, 1.165) is 0 Å². The minimum Gasteiger partial charge on any atom is -0.392 e. The predicted molar refractivity (Wildman–Crippen MR) is 57.0 cm³/mol. The number of carbonyl (C=O) groups is 1. The Morgan fingerprint density at radius 2 is 2.43 bits per heavy atom. The molecule has 0 aliphatic heterocycles. The molecule has 1 rings (SSSR count). The van der Waals surface area contributed by atoms with E-state index in [1.165, 1.54) is 11.1 Å². The van der Waals surface area contributed by atoms with E-state index in [9.17, 15) is 4.79 Å². The summed E-state index contributed by atoms with van der Waals surface area (Å²) in [6.45, 7) is 0.277. The van der Waals surface area contributed by atoms with Gasteiger partial charge in [-0.05, 0) is 0 Å². The van der Waals surface area contributed by atoms with Crippen LogP contribution in [0.25, 0.3) is 0 Å². The van der Waals surface area contributed by atoms with Crippen molar-refractivity contribution in [2.75, 3.05) is 13.6 Å². The van der Waals surface area contributed by atoms with Crippen LogP contribution in [0.1, 0.15) is 10.5 Å². The van der Waals surface area contributed by atoms with Gasteiger partial charge >= 0.3 is 0 Å². The fourth-order valence-electron chi connectivity index (χ4n) is 1.06. The molecule has 0 aliphatic rings. The average Bonchev–Trinajstić information content (AvgIpc) is 2.48. The first-order chi connectivity index (χ1) is 6.52. The molecule has 0 aromatic carbocycles. The van der Waals surface area contributed by atoms with Crippen LogP contribution >= 0.6 is 12.2 Å². The van der Waals surface area contributed by atoms with E-state index < -0.39 is 0 Å². The van der Waals surface area contributed by atoms with E-state index >= 15 is 0 Å². The lowest BCUT2D eigenvalue weighted by molar-refractivity contribution is 0.0806. The quantitative estimate of drug-likeness (QED) is 0.703. The van der Waals surface area contributed by atoms with Gasteiger partial charge in [0.15, 0.2) is 0 Å². The maximum absolute atomic E-state index is 11.7. The number of carbonyl (C=O) groups excluding carboxylic acids is 1. The van der Waals surface area contributed by atoms with Gasteiger partial charge in [-0.15, -0.1) is 0 Å². The number of thiocarbonyl (C=S) groups is 1. The Kier molecular flexibility index (Phi) is 3.19. The standard InChI is InChI=1S/C8H12N4OS/c1-11(4-7(9)14)8(13)6-3-10-5-12(6)2/h3,5H,4H2,1-2H3,(H2,9,14). The Morgan fingerprint density at radius 3 is 2.86 bits per heavy atom. The summed E-state index contributed by atoms with van der Waals surface area (Å²) in [6.07, 6.45) is 3.08. The van der Waals surface area contributed by atoms with Crippen molar-refractivity contribution in [1.82, 2.24) is 14.5 Å². The number of amides is 1. The summed E-state index contributed by atoms with van der Waals surface area (Å²) in [5.41, 5.74) is 5.86. The largest absolute Gasteiger partial charge is 0.392 e. The van der Waals surface area contributed by atoms with E-state index in [-0.39, 0.29) is 12.5 Å². The Labute approximate surface area is 87.5 Å². The Hall–Kier alpha value is -1.43. The van der Waals surface area contributed by atoms with Crippen LogP contribution < -0.4 is 5.73 Å². The molecule has 6 heteroatoms. The minimum absolute atomic E-state index is 0.141. The van der Waals surface area contributed by atoms with Gasteiger partial charge in [0.05, 0.1) is 24.1 Å². The van der Waals surface area contributed by atoms with Gasteiger partial charge in [-0.3, -0.25) is 4.79 Å². The van der Waals surface area contributed by atoms with Crippen molar-refractivity contribution >= 4 is 23.1 Å². The number of hydrogen-bond acceptors (Lipinski definition) is 3. The Bertz CT molecular complexity index is 360. The number of imidazole rings is 1. The summed E-state index contributed by atoms with van der Waals surface area (Å²) in [5.74, 6) is -0.141. The van der Waals surface area contributed by atoms with Gasteiger partial charge in [-0.25, -0.2) is 4.98 Å². The van der Waals surface area contributed by atoms with E-state index in [4.69, 9.17) is 18.0 Å². The second kappa shape index (κ2) is 4.19. The Balaban J connectivity index is 2.76. The smallest absolute Gasteiger partial charge is 0.272 e. The molecule has 2 N–H and O–H groups in total. The molecule has 0 fully saturated rings. The van der Waals surface area contributed by atoms with Crippen molar-refractivity contribution in [1.29, 1.82) is 0 Å². The SMILES string of the molecule is CN(CC(N)=S)C(=O)c1cncn1C. The second-order valence-corrected chi connectivity index (χ2v) is 3.54. The van der Waals surface area contributed by atoms with Crippen molar-refractivity contribution in [3.63, 3.8) is 0 Å². The third kappa shape index (κ3) is 2.29. The van der Waals surface area contributed by atoms with Gasteiger partial charge in [0.2, 0.25) is 0 Å². The maximum Gasteiger partial charge on any atom is 0.272 e. The molecular weight excluding hydrogens is 200 g/mol. The zero-order valence-electron chi connectivity index (χ0n) is 8.10. The fourth-order valence-corrected chi connectivity index (χ4v) is 1.26. The average molecular weight is 212 g/mol. The van der Waals surface area contributed by atoms with Crippen LogP contribution in [0, 0.1) is 0 Å². The molecular formula is C8H12N4OS. The van der Waals surface area contributed by atoms with E-state index in [2.05, 4.69) is 4.98 Å². The first-order valence-electron chi connectivity index (χ1n) is 4.02. The summed E-state index contributed by atoms with van der Waals surface area (Å²) in [4.78, 5) is 17.3. The molecule has 1 aromatic heterocycles.